The number of benzene rings is 1. The van der Waals surface area contributed by atoms with Crippen LogP contribution in [-0.2, 0) is 0 Å². The monoisotopic (exact) mass is 259 g/mol. The van der Waals surface area contributed by atoms with E-state index in [0.29, 0.717) is 5.56 Å². The lowest BCUT2D eigenvalue weighted by Crippen LogP contribution is -1.84. The Morgan fingerprint density at radius 1 is 1.13 bits per heavy atom. The molecule has 4 heteroatoms. The molecule has 0 saturated carbocycles. The lowest BCUT2D eigenvalue weighted by molar-refractivity contribution is 1.17. The van der Waals surface area contributed by atoms with Crippen molar-refractivity contribution in [3.8, 4) is 17.2 Å². The zero-order valence-corrected chi connectivity index (χ0v) is 9.27. The minimum absolute atomic E-state index is 0.608. The van der Waals surface area contributed by atoms with Gasteiger partial charge in [-0.15, -0.1) is 0 Å². The second-order valence-electron chi connectivity index (χ2n) is 2.93. The lowest BCUT2D eigenvalue weighted by Gasteiger charge is -2.01. The second-order valence-corrected chi connectivity index (χ2v) is 3.79. The van der Waals surface area contributed by atoms with E-state index in [1.165, 1.54) is 6.33 Å². The summed E-state index contributed by atoms with van der Waals surface area (Å²) in [6.07, 6.45) is 4.92. The summed E-state index contributed by atoms with van der Waals surface area (Å²) in [6, 6.07) is 7.69. The molecule has 0 fully saturated rings. The van der Waals surface area contributed by atoms with Crippen LogP contribution in [-0.4, -0.2) is 9.97 Å². The number of hydrogen-bond acceptors (Lipinski definition) is 3. The van der Waals surface area contributed by atoms with Gasteiger partial charge in [-0.1, -0.05) is 6.07 Å². The summed E-state index contributed by atoms with van der Waals surface area (Å²) < 4.78 is 0.797. The van der Waals surface area contributed by atoms with Gasteiger partial charge < -0.3 is 0 Å². The van der Waals surface area contributed by atoms with Crippen molar-refractivity contribution in [3.05, 3.63) is 47.0 Å². The molecule has 1 aromatic carbocycles. The van der Waals surface area contributed by atoms with Gasteiger partial charge in [0, 0.05) is 22.4 Å². The van der Waals surface area contributed by atoms with Gasteiger partial charge in [0.25, 0.3) is 0 Å². The Morgan fingerprint density at radius 2 is 1.87 bits per heavy atom. The van der Waals surface area contributed by atoms with Gasteiger partial charge in [-0.3, -0.25) is 0 Å². The fourth-order valence-corrected chi connectivity index (χ4v) is 1.57. The minimum Gasteiger partial charge on any atom is -0.244 e. The highest BCUT2D eigenvalue weighted by atomic mass is 79.9. The molecule has 0 bridgehead atoms. The Labute approximate surface area is 95.6 Å². The van der Waals surface area contributed by atoms with Gasteiger partial charge >= 0.3 is 0 Å². The van der Waals surface area contributed by atoms with Gasteiger partial charge in [-0.05, 0) is 33.6 Å². The molecule has 1 heterocycles. The normalized spacial score (nSPS) is 9.60. The predicted octanol–water partition coefficient (Wildman–Crippen LogP) is 2.78. The lowest BCUT2D eigenvalue weighted by atomic mass is 10.1. The van der Waals surface area contributed by atoms with Crippen LogP contribution in [0, 0.1) is 11.3 Å². The molecule has 1 aromatic heterocycles. The van der Waals surface area contributed by atoms with Crippen molar-refractivity contribution in [1.82, 2.24) is 9.97 Å². The number of halogens is 1. The van der Waals surface area contributed by atoms with Crippen molar-refractivity contribution in [3.63, 3.8) is 0 Å². The van der Waals surface area contributed by atoms with Crippen molar-refractivity contribution < 1.29 is 0 Å². The molecule has 0 aliphatic rings. The first-order chi connectivity index (χ1) is 7.31. The average molecular weight is 260 g/mol. The van der Waals surface area contributed by atoms with E-state index in [9.17, 15) is 0 Å². The molecule has 15 heavy (non-hydrogen) atoms. The number of nitrogens with zero attached hydrogens (tertiary/aromatic N) is 3. The maximum absolute atomic E-state index is 8.88. The van der Waals surface area contributed by atoms with E-state index in [-0.39, 0.29) is 0 Å². The third kappa shape index (κ3) is 2.03. The van der Waals surface area contributed by atoms with Crippen LogP contribution >= 0.6 is 15.9 Å². The first-order valence-electron chi connectivity index (χ1n) is 4.26. The SMILES string of the molecule is N#Cc1cc(-c2cncnc2)ccc1Br. The molecule has 2 aromatic rings. The molecule has 0 radical (unpaired) electrons. The molecule has 72 valence electrons. The number of aromatic nitrogens is 2. The summed E-state index contributed by atoms with van der Waals surface area (Å²) in [7, 11) is 0. The second kappa shape index (κ2) is 4.20. The molecule has 0 unspecified atom stereocenters. The maximum atomic E-state index is 8.88. The Hall–Kier alpha value is -1.73. The van der Waals surface area contributed by atoms with Gasteiger partial charge in [0.1, 0.15) is 12.4 Å². The van der Waals surface area contributed by atoms with Gasteiger partial charge in [0.05, 0.1) is 5.56 Å². The van der Waals surface area contributed by atoms with E-state index < -0.39 is 0 Å². The standard InChI is InChI=1S/C11H6BrN3/c12-11-2-1-8(3-9(11)4-13)10-5-14-7-15-6-10/h1-3,5-7H. The number of nitriles is 1. The molecule has 0 saturated heterocycles. The van der Waals surface area contributed by atoms with Crippen molar-refractivity contribution in [1.29, 1.82) is 5.26 Å². The predicted molar refractivity (Wildman–Crippen MR) is 59.9 cm³/mol. The van der Waals surface area contributed by atoms with Gasteiger partial charge in [0.15, 0.2) is 0 Å². The molecule has 0 amide bonds. The third-order valence-electron chi connectivity index (χ3n) is 1.98. The molecular formula is C11H6BrN3. The topological polar surface area (TPSA) is 49.6 Å². The fourth-order valence-electron chi connectivity index (χ4n) is 1.24. The smallest absolute Gasteiger partial charge is 0.115 e. The quantitative estimate of drug-likeness (QED) is 0.792. The van der Waals surface area contributed by atoms with E-state index >= 15 is 0 Å². The van der Waals surface area contributed by atoms with E-state index in [1.54, 1.807) is 12.4 Å². The van der Waals surface area contributed by atoms with Crippen molar-refractivity contribution in [2.75, 3.05) is 0 Å². The van der Waals surface area contributed by atoms with Crippen LogP contribution < -0.4 is 0 Å². The zero-order valence-electron chi connectivity index (χ0n) is 7.68. The zero-order chi connectivity index (χ0) is 10.7. The highest BCUT2D eigenvalue weighted by Gasteiger charge is 2.02. The van der Waals surface area contributed by atoms with Crippen LogP contribution in [0.1, 0.15) is 5.56 Å². The summed E-state index contributed by atoms with van der Waals surface area (Å²) in [5, 5.41) is 8.88. The Morgan fingerprint density at radius 3 is 2.53 bits per heavy atom. The Bertz CT molecular complexity index is 517. The molecule has 0 aliphatic carbocycles. The molecule has 0 atom stereocenters. The number of hydrogen-bond donors (Lipinski definition) is 0. The highest BCUT2D eigenvalue weighted by molar-refractivity contribution is 9.10. The van der Waals surface area contributed by atoms with Crippen LogP contribution in [0.3, 0.4) is 0 Å². The molecule has 0 spiro atoms. The minimum atomic E-state index is 0.608. The van der Waals surface area contributed by atoms with E-state index in [2.05, 4.69) is 32.0 Å². The maximum Gasteiger partial charge on any atom is 0.115 e. The first-order valence-corrected chi connectivity index (χ1v) is 5.05. The molecule has 2 rings (SSSR count). The third-order valence-corrected chi connectivity index (χ3v) is 2.67. The number of rotatable bonds is 1. The Balaban J connectivity index is 2.52. The van der Waals surface area contributed by atoms with Crippen LogP contribution in [0.15, 0.2) is 41.4 Å². The highest BCUT2D eigenvalue weighted by Crippen LogP contribution is 2.23. The van der Waals surface area contributed by atoms with E-state index in [4.69, 9.17) is 5.26 Å². The summed E-state index contributed by atoms with van der Waals surface area (Å²) in [5.41, 5.74) is 2.45. The van der Waals surface area contributed by atoms with Crippen molar-refractivity contribution >= 4 is 15.9 Å². The summed E-state index contributed by atoms with van der Waals surface area (Å²) >= 11 is 3.31. The first kappa shape index (κ1) is 9.81. The summed E-state index contributed by atoms with van der Waals surface area (Å²) in [4.78, 5) is 7.87. The van der Waals surface area contributed by atoms with Crippen LogP contribution in [0.4, 0.5) is 0 Å². The van der Waals surface area contributed by atoms with Crippen LogP contribution in [0.5, 0.6) is 0 Å². The Kier molecular flexibility index (Phi) is 2.75. The summed E-state index contributed by atoms with van der Waals surface area (Å²) in [5.74, 6) is 0. The molecule has 0 N–H and O–H groups in total. The van der Waals surface area contributed by atoms with E-state index in [0.717, 1.165) is 15.6 Å². The largest absolute Gasteiger partial charge is 0.244 e. The molecule has 3 nitrogen and oxygen atoms in total. The molecular weight excluding hydrogens is 254 g/mol. The van der Waals surface area contributed by atoms with Gasteiger partial charge in [-0.25, -0.2) is 9.97 Å². The van der Waals surface area contributed by atoms with Crippen molar-refractivity contribution in [2.24, 2.45) is 0 Å². The molecule has 0 aliphatic heterocycles. The van der Waals surface area contributed by atoms with Crippen molar-refractivity contribution in [2.45, 2.75) is 0 Å². The van der Waals surface area contributed by atoms with E-state index in [1.807, 2.05) is 18.2 Å². The average Bonchev–Trinajstić information content (AvgIpc) is 2.31. The van der Waals surface area contributed by atoms with Crippen LogP contribution in [0.25, 0.3) is 11.1 Å². The van der Waals surface area contributed by atoms with Gasteiger partial charge in [0.2, 0.25) is 0 Å². The fraction of sp³-hybridized carbons (Fsp3) is 0. The van der Waals surface area contributed by atoms with Gasteiger partial charge in [-0.2, -0.15) is 5.26 Å². The summed E-state index contributed by atoms with van der Waals surface area (Å²) in [6.45, 7) is 0. The van der Waals surface area contributed by atoms with Crippen LogP contribution in [0.2, 0.25) is 0 Å².